The number of anilines is 1. The Labute approximate surface area is 135 Å². The van der Waals surface area contributed by atoms with E-state index >= 15 is 0 Å². The second kappa shape index (κ2) is 7.40. The van der Waals surface area contributed by atoms with Crippen LogP contribution >= 0.6 is 11.3 Å². The molecule has 1 aromatic heterocycles. The van der Waals surface area contributed by atoms with E-state index in [1.165, 1.54) is 35.4 Å². The third kappa shape index (κ3) is 4.07. The maximum Gasteiger partial charge on any atom is 0.321 e. The monoisotopic (exact) mass is 315 g/mol. The van der Waals surface area contributed by atoms with Crippen molar-refractivity contribution >= 4 is 22.5 Å². The number of aryl methyl sites for hydroxylation is 2. The first-order valence-corrected chi connectivity index (χ1v) is 8.70. The lowest BCUT2D eigenvalue weighted by atomic mass is 10.1. The molecule has 2 aromatic rings. The molecule has 3 rings (SSSR count). The Hall–Kier alpha value is -1.88. The molecule has 1 aliphatic carbocycles. The smallest absolute Gasteiger partial charge is 0.321 e. The summed E-state index contributed by atoms with van der Waals surface area (Å²) in [5.41, 5.74) is 2.41. The number of urea groups is 1. The Bertz CT molecular complexity index is 601. The highest BCUT2D eigenvalue weighted by Crippen LogP contribution is 2.28. The normalized spacial score (nSPS) is 14.0. The molecule has 116 valence electrons. The number of nitrogens with zero attached hydrogens (tertiary/aromatic N) is 1. The van der Waals surface area contributed by atoms with Crippen molar-refractivity contribution in [2.75, 3.05) is 11.9 Å². The van der Waals surface area contributed by atoms with Crippen LogP contribution in [-0.4, -0.2) is 17.6 Å². The minimum atomic E-state index is -0.167. The molecule has 0 radical (unpaired) electrons. The molecule has 5 heteroatoms. The Morgan fingerprint density at radius 2 is 1.95 bits per heavy atom. The van der Waals surface area contributed by atoms with Crippen LogP contribution in [0.3, 0.4) is 0 Å². The predicted molar refractivity (Wildman–Crippen MR) is 90.5 cm³/mol. The Morgan fingerprint density at radius 1 is 1.14 bits per heavy atom. The average Bonchev–Trinajstić information content (AvgIpc) is 2.77. The van der Waals surface area contributed by atoms with E-state index in [2.05, 4.69) is 27.8 Å². The lowest BCUT2D eigenvalue weighted by Crippen LogP contribution is -2.30. The summed E-state index contributed by atoms with van der Waals surface area (Å²) in [4.78, 5) is 17.8. The number of amides is 2. The van der Waals surface area contributed by atoms with Crippen LogP contribution in [0.5, 0.6) is 0 Å². The maximum absolute atomic E-state index is 11.9. The summed E-state index contributed by atoms with van der Waals surface area (Å²) in [7, 11) is 0. The molecule has 0 atom stereocenters. The molecule has 22 heavy (non-hydrogen) atoms. The molecule has 0 saturated carbocycles. The summed E-state index contributed by atoms with van der Waals surface area (Å²) in [6.45, 7) is 0.626. The number of thiazole rings is 1. The molecular formula is C17H21N3OS. The first kappa shape index (κ1) is 15.0. The Kier molecular flexibility index (Phi) is 5.06. The van der Waals surface area contributed by atoms with Crippen LogP contribution in [0.15, 0.2) is 30.3 Å². The van der Waals surface area contributed by atoms with Crippen LogP contribution in [0.1, 0.15) is 35.4 Å². The van der Waals surface area contributed by atoms with Crippen LogP contribution in [0.25, 0.3) is 0 Å². The van der Waals surface area contributed by atoms with Gasteiger partial charge in [0.1, 0.15) is 0 Å². The fourth-order valence-electron chi connectivity index (χ4n) is 2.69. The van der Waals surface area contributed by atoms with Gasteiger partial charge in [-0.1, -0.05) is 36.8 Å². The summed E-state index contributed by atoms with van der Waals surface area (Å²) in [5, 5.41) is 6.48. The van der Waals surface area contributed by atoms with Crippen LogP contribution < -0.4 is 10.6 Å². The van der Waals surface area contributed by atoms with E-state index in [9.17, 15) is 4.79 Å². The zero-order valence-corrected chi connectivity index (χ0v) is 13.4. The molecule has 1 heterocycles. The number of benzene rings is 1. The molecule has 2 amide bonds. The minimum Gasteiger partial charge on any atom is -0.337 e. The van der Waals surface area contributed by atoms with Gasteiger partial charge < -0.3 is 5.32 Å². The number of fused-ring (bicyclic) bond motifs is 1. The van der Waals surface area contributed by atoms with E-state index in [0.717, 1.165) is 24.4 Å². The highest BCUT2D eigenvalue weighted by Gasteiger charge is 2.15. The van der Waals surface area contributed by atoms with Crippen LogP contribution in [0.2, 0.25) is 0 Å². The lowest BCUT2D eigenvalue weighted by molar-refractivity contribution is 0.252. The molecule has 4 nitrogen and oxygen atoms in total. The zero-order valence-electron chi connectivity index (χ0n) is 12.6. The molecule has 0 aliphatic heterocycles. The topological polar surface area (TPSA) is 54.0 Å². The Balaban J connectivity index is 1.47. The molecule has 0 spiro atoms. The highest BCUT2D eigenvalue weighted by atomic mass is 32.1. The van der Waals surface area contributed by atoms with E-state index in [0.29, 0.717) is 6.54 Å². The number of nitrogens with one attached hydrogen (secondary N) is 2. The number of rotatable bonds is 4. The van der Waals surface area contributed by atoms with Gasteiger partial charge in [0.05, 0.1) is 5.69 Å². The van der Waals surface area contributed by atoms with Crippen molar-refractivity contribution in [3.8, 4) is 0 Å². The van der Waals surface area contributed by atoms with Crippen molar-refractivity contribution in [2.24, 2.45) is 0 Å². The van der Waals surface area contributed by atoms with Crippen molar-refractivity contribution in [2.45, 2.75) is 38.5 Å². The molecule has 0 saturated heterocycles. The molecule has 1 aliphatic rings. The Morgan fingerprint density at radius 3 is 2.82 bits per heavy atom. The second-order valence-corrected chi connectivity index (χ2v) is 6.65. The van der Waals surface area contributed by atoms with Gasteiger partial charge in [-0.2, -0.15) is 0 Å². The van der Waals surface area contributed by atoms with E-state index in [-0.39, 0.29) is 6.03 Å². The molecule has 1 aromatic carbocycles. The van der Waals surface area contributed by atoms with E-state index in [1.807, 2.05) is 18.2 Å². The molecule has 0 unspecified atom stereocenters. The first-order valence-electron chi connectivity index (χ1n) is 7.88. The second-order valence-electron chi connectivity index (χ2n) is 5.57. The van der Waals surface area contributed by atoms with Gasteiger partial charge in [0, 0.05) is 11.4 Å². The van der Waals surface area contributed by atoms with Gasteiger partial charge in [-0.05, 0) is 37.7 Å². The molecule has 2 N–H and O–H groups in total. The fraction of sp³-hybridized carbons (Fsp3) is 0.412. The predicted octanol–water partition coefficient (Wildman–Crippen LogP) is 3.78. The fourth-order valence-corrected chi connectivity index (χ4v) is 3.73. The van der Waals surface area contributed by atoms with E-state index in [4.69, 9.17) is 0 Å². The molecular weight excluding hydrogens is 294 g/mol. The summed E-state index contributed by atoms with van der Waals surface area (Å²) in [5.74, 6) is 0. The van der Waals surface area contributed by atoms with Gasteiger partial charge in [-0.3, -0.25) is 5.32 Å². The average molecular weight is 315 g/mol. The van der Waals surface area contributed by atoms with Crippen LogP contribution in [0.4, 0.5) is 9.93 Å². The lowest BCUT2D eigenvalue weighted by Gasteiger charge is -2.05. The van der Waals surface area contributed by atoms with Gasteiger partial charge in [0.15, 0.2) is 5.13 Å². The third-order valence-corrected chi connectivity index (χ3v) is 4.93. The quantitative estimate of drug-likeness (QED) is 0.844. The SMILES string of the molecule is O=C(NCCc1ccccc1)Nc1nc2c(s1)CCCCC2. The van der Waals surface area contributed by atoms with Crippen molar-refractivity contribution in [3.63, 3.8) is 0 Å². The van der Waals surface area contributed by atoms with E-state index < -0.39 is 0 Å². The standard InChI is InChI=1S/C17H21N3OS/c21-16(18-12-11-13-7-3-1-4-8-13)20-17-19-14-9-5-2-6-10-15(14)22-17/h1,3-4,7-8H,2,5-6,9-12H2,(H2,18,19,20,21). The summed E-state index contributed by atoms with van der Waals surface area (Å²) >= 11 is 1.62. The summed E-state index contributed by atoms with van der Waals surface area (Å²) in [6.07, 6.45) is 6.71. The van der Waals surface area contributed by atoms with E-state index in [1.54, 1.807) is 11.3 Å². The number of carbonyl (C=O) groups excluding carboxylic acids is 1. The largest absolute Gasteiger partial charge is 0.337 e. The zero-order chi connectivity index (χ0) is 15.2. The van der Waals surface area contributed by atoms with Crippen molar-refractivity contribution in [1.82, 2.24) is 10.3 Å². The van der Waals surface area contributed by atoms with Gasteiger partial charge in [0.25, 0.3) is 0 Å². The van der Waals surface area contributed by atoms with Gasteiger partial charge in [-0.15, -0.1) is 11.3 Å². The van der Waals surface area contributed by atoms with Crippen molar-refractivity contribution in [1.29, 1.82) is 0 Å². The van der Waals surface area contributed by atoms with Crippen LogP contribution in [-0.2, 0) is 19.3 Å². The summed E-state index contributed by atoms with van der Waals surface area (Å²) < 4.78 is 0. The molecule has 0 bridgehead atoms. The van der Waals surface area contributed by atoms with Crippen molar-refractivity contribution < 1.29 is 4.79 Å². The summed E-state index contributed by atoms with van der Waals surface area (Å²) in [6, 6.07) is 9.99. The first-order chi connectivity index (χ1) is 10.8. The van der Waals surface area contributed by atoms with Gasteiger partial charge in [-0.25, -0.2) is 9.78 Å². The van der Waals surface area contributed by atoms with Crippen molar-refractivity contribution in [3.05, 3.63) is 46.5 Å². The number of carbonyl (C=O) groups is 1. The maximum atomic E-state index is 11.9. The number of hydrogen-bond donors (Lipinski definition) is 2. The number of hydrogen-bond acceptors (Lipinski definition) is 3. The third-order valence-electron chi connectivity index (χ3n) is 3.86. The minimum absolute atomic E-state index is 0.167. The molecule has 0 fully saturated rings. The number of aromatic nitrogens is 1. The highest BCUT2D eigenvalue weighted by molar-refractivity contribution is 7.15. The van der Waals surface area contributed by atoms with Gasteiger partial charge in [0.2, 0.25) is 0 Å². The van der Waals surface area contributed by atoms with Crippen LogP contribution in [0, 0.1) is 0 Å². The van der Waals surface area contributed by atoms with Gasteiger partial charge >= 0.3 is 6.03 Å².